The van der Waals surface area contributed by atoms with Crippen LogP contribution in [-0.4, -0.2) is 40.7 Å². The second-order valence-electron chi connectivity index (χ2n) is 6.01. The Morgan fingerprint density at radius 2 is 2.00 bits per heavy atom. The number of carbonyl (C=O) groups excluding carboxylic acids is 3. The zero-order valence-electron chi connectivity index (χ0n) is 14.4. The van der Waals surface area contributed by atoms with Gasteiger partial charge < -0.3 is 4.90 Å². The van der Waals surface area contributed by atoms with E-state index in [0.29, 0.717) is 13.0 Å². The molecule has 7 nitrogen and oxygen atoms in total. The number of aromatic nitrogens is 1. The van der Waals surface area contributed by atoms with Crippen molar-refractivity contribution in [2.45, 2.75) is 26.2 Å². The van der Waals surface area contributed by atoms with Gasteiger partial charge >= 0.3 is 0 Å². The van der Waals surface area contributed by atoms with E-state index in [0.717, 1.165) is 23.4 Å². The second kappa shape index (κ2) is 8.09. The molecule has 0 atom stereocenters. The van der Waals surface area contributed by atoms with E-state index in [9.17, 15) is 14.4 Å². The Hall–Kier alpha value is -2.74. The van der Waals surface area contributed by atoms with E-state index in [1.807, 2.05) is 24.3 Å². The maximum atomic E-state index is 12.1. The van der Waals surface area contributed by atoms with Gasteiger partial charge in [0.2, 0.25) is 5.91 Å². The number of hydrazine groups is 1. The molecule has 2 aromatic rings. The van der Waals surface area contributed by atoms with Crippen molar-refractivity contribution in [2.75, 3.05) is 13.1 Å². The highest BCUT2D eigenvalue weighted by atomic mass is 32.1. The molecule has 0 saturated carbocycles. The summed E-state index contributed by atoms with van der Waals surface area (Å²) in [6.45, 7) is 2.62. The van der Waals surface area contributed by atoms with Crippen LogP contribution in [0.15, 0.2) is 29.6 Å². The third kappa shape index (κ3) is 4.26. The van der Waals surface area contributed by atoms with Gasteiger partial charge in [0.1, 0.15) is 17.2 Å². The van der Waals surface area contributed by atoms with Crippen molar-refractivity contribution >= 4 is 29.1 Å². The molecule has 1 aliphatic heterocycles. The van der Waals surface area contributed by atoms with Crippen molar-refractivity contribution in [3.63, 3.8) is 0 Å². The predicted molar refractivity (Wildman–Crippen MR) is 98.4 cm³/mol. The van der Waals surface area contributed by atoms with Gasteiger partial charge in [-0.15, -0.1) is 11.3 Å². The van der Waals surface area contributed by atoms with Crippen molar-refractivity contribution in [3.8, 4) is 10.6 Å². The van der Waals surface area contributed by atoms with Crippen LogP contribution in [0, 0.1) is 0 Å². The molecule has 0 aliphatic carbocycles. The summed E-state index contributed by atoms with van der Waals surface area (Å²) in [5.74, 6) is -0.956. The van der Waals surface area contributed by atoms with E-state index < -0.39 is 11.8 Å². The molecular weight excluding hydrogens is 352 g/mol. The fourth-order valence-corrected chi connectivity index (χ4v) is 3.47. The summed E-state index contributed by atoms with van der Waals surface area (Å²) in [6, 6.07) is 8.04. The molecule has 1 aliphatic rings. The molecule has 0 radical (unpaired) electrons. The molecule has 2 N–H and O–H groups in total. The van der Waals surface area contributed by atoms with Gasteiger partial charge in [0, 0.05) is 23.9 Å². The lowest BCUT2D eigenvalue weighted by Gasteiger charge is -2.14. The quantitative estimate of drug-likeness (QED) is 0.783. The normalized spacial score (nSPS) is 13.7. The number of hydrogen-bond acceptors (Lipinski definition) is 5. The summed E-state index contributed by atoms with van der Waals surface area (Å²) < 4.78 is 0. The van der Waals surface area contributed by atoms with Crippen molar-refractivity contribution in [1.29, 1.82) is 0 Å². The predicted octanol–water partition coefficient (Wildman–Crippen LogP) is 1.76. The second-order valence-corrected chi connectivity index (χ2v) is 6.87. The first-order chi connectivity index (χ1) is 12.6. The fourth-order valence-electron chi connectivity index (χ4n) is 2.67. The molecule has 26 heavy (non-hydrogen) atoms. The first-order valence-electron chi connectivity index (χ1n) is 8.48. The molecule has 1 aromatic heterocycles. The van der Waals surface area contributed by atoms with Crippen LogP contribution in [-0.2, 0) is 16.0 Å². The number of nitrogens with zero attached hydrogens (tertiary/aromatic N) is 2. The number of nitrogens with one attached hydrogen (secondary N) is 2. The van der Waals surface area contributed by atoms with E-state index in [1.54, 1.807) is 5.38 Å². The molecule has 1 aromatic carbocycles. The first kappa shape index (κ1) is 18.1. The number of aryl methyl sites for hydroxylation is 1. The molecule has 3 amide bonds. The highest BCUT2D eigenvalue weighted by Crippen LogP contribution is 2.24. The summed E-state index contributed by atoms with van der Waals surface area (Å²) in [4.78, 5) is 41.3. The summed E-state index contributed by atoms with van der Waals surface area (Å²) in [6.07, 6.45) is 2.20. The summed E-state index contributed by atoms with van der Waals surface area (Å²) >= 11 is 1.37. The Balaban J connectivity index is 1.54. The van der Waals surface area contributed by atoms with Gasteiger partial charge in [0.15, 0.2) is 0 Å². The zero-order chi connectivity index (χ0) is 18.5. The standard InChI is InChI=1S/C18H20N4O3S/c1-2-12-5-7-13(8-6-12)18-19-14(11-26-18)17(25)21-20-15(23)10-22-9-3-4-16(22)24/h5-8,11H,2-4,9-10H2,1H3,(H,20,23)(H,21,25). The number of carbonyl (C=O) groups is 3. The molecule has 136 valence electrons. The van der Waals surface area contributed by atoms with Gasteiger partial charge in [-0.3, -0.25) is 25.2 Å². The zero-order valence-corrected chi connectivity index (χ0v) is 15.3. The van der Waals surface area contributed by atoms with Gasteiger partial charge in [-0.2, -0.15) is 0 Å². The number of rotatable bonds is 5. The van der Waals surface area contributed by atoms with Crippen LogP contribution in [0.5, 0.6) is 0 Å². The number of amides is 3. The molecular formula is C18H20N4O3S. The molecule has 2 heterocycles. The SMILES string of the molecule is CCc1ccc(-c2nc(C(=O)NNC(=O)CN3CCCC3=O)cs2)cc1. The van der Waals surface area contributed by atoms with Gasteiger partial charge in [0.25, 0.3) is 11.8 Å². The van der Waals surface area contributed by atoms with Gasteiger partial charge in [0.05, 0.1) is 0 Å². The van der Waals surface area contributed by atoms with E-state index in [4.69, 9.17) is 0 Å². The molecule has 0 unspecified atom stereocenters. The number of likely N-dealkylation sites (tertiary alicyclic amines) is 1. The molecule has 1 fully saturated rings. The highest BCUT2D eigenvalue weighted by molar-refractivity contribution is 7.13. The summed E-state index contributed by atoms with van der Waals surface area (Å²) in [7, 11) is 0. The maximum Gasteiger partial charge on any atom is 0.289 e. The first-order valence-corrected chi connectivity index (χ1v) is 9.36. The highest BCUT2D eigenvalue weighted by Gasteiger charge is 2.22. The van der Waals surface area contributed by atoms with Crippen LogP contribution in [0.25, 0.3) is 10.6 Å². The van der Waals surface area contributed by atoms with E-state index >= 15 is 0 Å². The third-order valence-electron chi connectivity index (χ3n) is 4.17. The minimum Gasteiger partial charge on any atom is -0.333 e. The Bertz CT molecular complexity index is 816. The van der Waals surface area contributed by atoms with E-state index in [1.165, 1.54) is 21.8 Å². The molecule has 8 heteroatoms. The van der Waals surface area contributed by atoms with Crippen LogP contribution < -0.4 is 10.9 Å². The lowest BCUT2D eigenvalue weighted by Crippen LogP contribution is -2.46. The monoisotopic (exact) mass is 372 g/mol. The van der Waals surface area contributed by atoms with Crippen LogP contribution in [0.1, 0.15) is 35.8 Å². The van der Waals surface area contributed by atoms with E-state index in [-0.39, 0.29) is 18.1 Å². The average molecular weight is 372 g/mol. The topological polar surface area (TPSA) is 91.4 Å². The van der Waals surface area contributed by atoms with Crippen molar-refractivity contribution in [3.05, 3.63) is 40.9 Å². The third-order valence-corrected chi connectivity index (χ3v) is 5.06. The van der Waals surface area contributed by atoms with Gasteiger partial charge in [-0.05, 0) is 18.4 Å². The summed E-state index contributed by atoms with van der Waals surface area (Å²) in [5, 5.41) is 2.39. The minimum atomic E-state index is -0.487. The number of benzene rings is 1. The molecule has 1 saturated heterocycles. The van der Waals surface area contributed by atoms with Crippen LogP contribution in [0.3, 0.4) is 0 Å². The van der Waals surface area contributed by atoms with Crippen LogP contribution >= 0.6 is 11.3 Å². The van der Waals surface area contributed by atoms with Crippen molar-refractivity contribution < 1.29 is 14.4 Å². The van der Waals surface area contributed by atoms with Gasteiger partial charge in [-0.1, -0.05) is 31.2 Å². The minimum absolute atomic E-state index is 0.0373. The van der Waals surface area contributed by atoms with Crippen LogP contribution in [0.4, 0.5) is 0 Å². The van der Waals surface area contributed by atoms with E-state index in [2.05, 4.69) is 22.8 Å². The Kier molecular flexibility index (Phi) is 5.62. The average Bonchev–Trinajstić information content (AvgIpc) is 3.30. The lowest BCUT2D eigenvalue weighted by molar-refractivity contribution is -0.133. The molecule has 0 spiro atoms. The Morgan fingerprint density at radius 1 is 1.23 bits per heavy atom. The van der Waals surface area contributed by atoms with Gasteiger partial charge in [-0.25, -0.2) is 4.98 Å². The van der Waals surface area contributed by atoms with Crippen molar-refractivity contribution in [1.82, 2.24) is 20.7 Å². The Labute approximate surface area is 155 Å². The number of thiazole rings is 1. The number of hydrogen-bond donors (Lipinski definition) is 2. The van der Waals surface area contributed by atoms with Crippen molar-refractivity contribution in [2.24, 2.45) is 0 Å². The Morgan fingerprint density at radius 3 is 2.65 bits per heavy atom. The summed E-state index contributed by atoms with van der Waals surface area (Å²) in [5.41, 5.74) is 7.09. The smallest absolute Gasteiger partial charge is 0.289 e. The lowest BCUT2D eigenvalue weighted by atomic mass is 10.1. The largest absolute Gasteiger partial charge is 0.333 e. The molecule has 3 rings (SSSR count). The molecule has 0 bridgehead atoms. The van der Waals surface area contributed by atoms with Crippen LogP contribution in [0.2, 0.25) is 0 Å². The fraction of sp³-hybridized carbons (Fsp3) is 0.333. The maximum absolute atomic E-state index is 12.1.